The van der Waals surface area contributed by atoms with Crippen LogP contribution in [0.1, 0.15) is 15.2 Å². The molecular weight excluding hydrogens is 317 g/mol. The Morgan fingerprint density at radius 3 is 2.73 bits per heavy atom. The predicted molar refractivity (Wildman–Crippen MR) is 76.1 cm³/mol. The molecule has 8 heteroatoms. The molecule has 0 unspecified atom stereocenters. The lowest BCUT2D eigenvalue weighted by atomic mass is 10.2. The maximum atomic E-state index is 12.0. The van der Waals surface area contributed by atoms with E-state index in [0.29, 0.717) is 6.54 Å². The third kappa shape index (κ3) is 5.36. The minimum absolute atomic E-state index is 0.174. The van der Waals surface area contributed by atoms with Gasteiger partial charge in [-0.25, -0.2) is 4.98 Å². The van der Waals surface area contributed by atoms with Gasteiger partial charge in [0.05, 0.1) is 5.56 Å². The Morgan fingerprint density at radius 1 is 1.32 bits per heavy atom. The summed E-state index contributed by atoms with van der Waals surface area (Å²) in [6.45, 7) is -0.933. The quantitative estimate of drug-likeness (QED) is 0.886. The van der Waals surface area contributed by atoms with Crippen molar-refractivity contribution in [2.24, 2.45) is 0 Å². The molecule has 2 aromatic heterocycles. The van der Waals surface area contributed by atoms with E-state index in [1.54, 1.807) is 11.3 Å². The Labute approximate surface area is 128 Å². The van der Waals surface area contributed by atoms with Gasteiger partial charge in [0.25, 0.3) is 5.91 Å². The van der Waals surface area contributed by atoms with E-state index in [1.165, 1.54) is 18.3 Å². The van der Waals surface area contributed by atoms with E-state index in [2.05, 4.69) is 15.0 Å². The minimum atomic E-state index is -4.42. The van der Waals surface area contributed by atoms with Crippen LogP contribution in [-0.4, -0.2) is 30.2 Å². The van der Waals surface area contributed by atoms with Crippen LogP contribution in [-0.2, 0) is 6.42 Å². The molecule has 0 atom stereocenters. The molecule has 1 N–H and O–H groups in total. The number of nitrogens with one attached hydrogen (secondary N) is 1. The number of carbonyl (C=O) groups is 1. The maximum absolute atomic E-state index is 12.0. The number of hydrogen-bond donors (Lipinski definition) is 1. The third-order valence-corrected chi connectivity index (χ3v) is 3.56. The average Bonchev–Trinajstić information content (AvgIpc) is 2.98. The van der Waals surface area contributed by atoms with Crippen LogP contribution in [0.4, 0.5) is 13.2 Å². The van der Waals surface area contributed by atoms with Gasteiger partial charge in [0.15, 0.2) is 6.61 Å². The second-order valence-electron chi connectivity index (χ2n) is 4.37. The highest BCUT2D eigenvalue weighted by atomic mass is 32.1. The number of aromatic nitrogens is 1. The first-order valence-electron chi connectivity index (χ1n) is 6.40. The van der Waals surface area contributed by atoms with Crippen LogP contribution in [0, 0.1) is 0 Å². The van der Waals surface area contributed by atoms with E-state index in [4.69, 9.17) is 0 Å². The third-order valence-electron chi connectivity index (χ3n) is 2.62. The Hall–Kier alpha value is -2.09. The van der Waals surface area contributed by atoms with Gasteiger partial charge in [0.2, 0.25) is 5.88 Å². The smallest absolute Gasteiger partial charge is 0.422 e. The van der Waals surface area contributed by atoms with Gasteiger partial charge in [-0.05, 0) is 23.9 Å². The largest absolute Gasteiger partial charge is 0.468 e. The molecule has 2 rings (SSSR count). The molecule has 0 aliphatic heterocycles. The number of ether oxygens (including phenoxy) is 1. The number of rotatable bonds is 6. The number of hydrogen-bond acceptors (Lipinski definition) is 4. The Kier molecular flexibility index (Phi) is 5.37. The van der Waals surface area contributed by atoms with E-state index in [-0.39, 0.29) is 17.4 Å². The SMILES string of the molecule is O=C(NCCc1cccs1)c1ccc(OCC(F)(F)F)nc1. The van der Waals surface area contributed by atoms with Gasteiger partial charge >= 0.3 is 6.18 Å². The summed E-state index contributed by atoms with van der Waals surface area (Å²) in [4.78, 5) is 16.7. The van der Waals surface area contributed by atoms with Gasteiger partial charge in [0.1, 0.15) is 0 Å². The zero-order valence-corrected chi connectivity index (χ0v) is 12.2. The summed E-state index contributed by atoms with van der Waals surface area (Å²) in [5.41, 5.74) is 0.269. The number of nitrogens with zero attached hydrogens (tertiary/aromatic N) is 1. The molecule has 0 fully saturated rings. The van der Waals surface area contributed by atoms with Gasteiger partial charge in [-0.3, -0.25) is 4.79 Å². The molecular formula is C14H13F3N2O2S. The van der Waals surface area contributed by atoms with Crippen LogP contribution in [0.25, 0.3) is 0 Å². The molecule has 0 aliphatic rings. The molecule has 1 amide bonds. The number of thiophene rings is 1. The minimum Gasteiger partial charge on any atom is -0.468 e. The van der Waals surface area contributed by atoms with Crippen molar-refractivity contribution in [1.82, 2.24) is 10.3 Å². The number of carbonyl (C=O) groups excluding carboxylic acids is 1. The lowest BCUT2D eigenvalue weighted by Crippen LogP contribution is -2.25. The fourth-order valence-electron chi connectivity index (χ4n) is 1.61. The number of halogens is 3. The van der Waals surface area contributed by atoms with E-state index < -0.39 is 12.8 Å². The summed E-state index contributed by atoms with van der Waals surface area (Å²) in [5.74, 6) is -0.501. The second kappa shape index (κ2) is 7.26. The van der Waals surface area contributed by atoms with Gasteiger partial charge in [-0.2, -0.15) is 13.2 Å². The zero-order valence-electron chi connectivity index (χ0n) is 11.4. The maximum Gasteiger partial charge on any atom is 0.422 e. The molecule has 4 nitrogen and oxygen atoms in total. The Bertz CT molecular complexity index is 598. The molecule has 0 aliphatic carbocycles. The fraction of sp³-hybridized carbons (Fsp3) is 0.286. The van der Waals surface area contributed by atoms with Crippen LogP contribution in [0.5, 0.6) is 5.88 Å². The van der Waals surface area contributed by atoms with Crippen LogP contribution in [0.15, 0.2) is 35.8 Å². The van der Waals surface area contributed by atoms with Gasteiger partial charge in [-0.15, -0.1) is 11.3 Å². The average molecular weight is 330 g/mol. The van der Waals surface area contributed by atoms with E-state index in [1.807, 2.05) is 17.5 Å². The highest BCUT2D eigenvalue weighted by Gasteiger charge is 2.28. The lowest BCUT2D eigenvalue weighted by Gasteiger charge is -2.08. The van der Waals surface area contributed by atoms with Crippen molar-refractivity contribution in [2.45, 2.75) is 12.6 Å². The standard InChI is InChI=1S/C14H13F3N2O2S/c15-14(16,17)9-21-12-4-3-10(8-19-12)13(20)18-6-5-11-2-1-7-22-11/h1-4,7-8H,5-6,9H2,(H,18,20). The molecule has 2 aromatic rings. The molecule has 0 radical (unpaired) electrons. The van der Waals surface area contributed by atoms with E-state index >= 15 is 0 Å². The molecule has 0 spiro atoms. The highest BCUT2D eigenvalue weighted by Crippen LogP contribution is 2.17. The summed E-state index contributed by atoms with van der Waals surface area (Å²) in [6.07, 6.45) is -2.50. The number of amides is 1. The van der Waals surface area contributed by atoms with Crippen molar-refractivity contribution in [3.63, 3.8) is 0 Å². The Balaban J connectivity index is 1.80. The first-order chi connectivity index (χ1) is 10.4. The van der Waals surface area contributed by atoms with Crippen molar-refractivity contribution in [1.29, 1.82) is 0 Å². The monoisotopic (exact) mass is 330 g/mol. The number of alkyl halides is 3. The summed E-state index contributed by atoms with van der Waals surface area (Å²) in [7, 11) is 0. The molecule has 2 heterocycles. The lowest BCUT2D eigenvalue weighted by molar-refractivity contribution is -0.154. The normalized spacial score (nSPS) is 11.2. The second-order valence-corrected chi connectivity index (χ2v) is 5.41. The molecule has 0 saturated carbocycles. The van der Waals surface area contributed by atoms with E-state index in [0.717, 1.165) is 11.3 Å². The van der Waals surface area contributed by atoms with Crippen LogP contribution >= 0.6 is 11.3 Å². The first-order valence-corrected chi connectivity index (χ1v) is 7.28. The zero-order chi connectivity index (χ0) is 16.0. The van der Waals surface area contributed by atoms with Gasteiger partial charge in [0, 0.05) is 23.7 Å². The first kappa shape index (κ1) is 16.3. The summed E-state index contributed by atoms with van der Waals surface area (Å²) < 4.78 is 40.4. The molecule has 0 aromatic carbocycles. The number of pyridine rings is 1. The molecule has 0 bridgehead atoms. The Morgan fingerprint density at radius 2 is 2.14 bits per heavy atom. The van der Waals surface area contributed by atoms with Crippen LogP contribution < -0.4 is 10.1 Å². The highest BCUT2D eigenvalue weighted by molar-refractivity contribution is 7.09. The van der Waals surface area contributed by atoms with Gasteiger partial charge in [-0.1, -0.05) is 6.07 Å². The van der Waals surface area contributed by atoms with Crippen molar-refractivity contribution >= 4 is 17.2 Å². The molecule has 0 saturated heterocycles. The van der Waals surface area contributed by atoms with E-state index in [9.17, 15) is 18.0 Å². The predicted octanol–water partition coefficient (Wildman–Crippen LogP) is 3.06. The fourth-order valence-corrected chi connectivity index (χ4v) is 2.32. The summed E-state index contributed by atoms with van der Waals surface area (Å²) in [5, 5.41) is 4.68. The van der Waals surface area contributed by atoms with Crippen LogP contribution in [0.2, 0.25) is 0 Å². The van der Waals surface area contributed by atoms with Crippen molar-refractivity contribution in [3.8, 4) is 5.88 Å². The molecule has 22 heavy (non-hydrogen) atoms. The van der Waals surface area contributed by atoms with Crippen molar-refractivity contribution in [2.75, 3.05) is 13.2 Å². The van der Waals surface area contributed by atoms with Crippen molar-refractivity contribution in [3.05, 3.63) is 46.3 Å². The summed E-state index contributed by atoms with van der Waals surface area (Å²) in [6, 6.07) is 6.52. The molecule has 118 valence electrons. The topological polar surface area (TPSA) is 51.2 Å². The van der Waals surface area contributed by atoms with Crippen molar-refractivity contribution < 1.29 is 22.7 Å². The summed E-state index contributed by atoms with van der Waals surface area (Å²) >= 11 is 1.61. The van der Waals surface area contributed by atoms with Gasteiger partial charge < -0.3 is 10.1 Å². The van der Waals surface area contributed by atoms with Crippen LogP contribution in [0.3, 0.4) is 0 Å².